The molecule has 4 aliphatic carbocycles. The highest BCUT2D eigenvalue weighted by Crippen LogP contribution is 2.67. The molecule has 0 aromatic heterocycles. The molecular formula is C27H36F2N2O2. The van der Waals surface area contributed by atoms with Crippen molar-refractivity contribution < 1.29 is 19.0 Å². The Kier molecular flexibility index (Phi) is 5.22. The summed E-state index contributed by atoms with van der Waals surface area (Å²) in [5.74, 6) is -0.622. The monoisotopic (exact) mass is 458 g/mol. The standard InChI is InChI=1S/C27H36F2N2O2/c1-24-11-12-26(29)16-25(28)15-20(32)5-4-19(25)8-10-27(26,33)23(24)7-6-21(24)18-3-2-17(9-13-30)22(31)14-18/h2-3,6,9,13-14,19-20,23,32-33H,4-5,7-8,10-12,15-16,30-31H2,1H3/b13-9-/t19?,20?,23?,24?,25?,26?,27-/m0/s1. The van der Waals surface area contributed by atoms with Crippen LogP contribution in [0.15, 0.2) is 30.5 Å². The maximum absolute atomic E-state index is 16.7. The summed E-state index contributed by atoms with van der Waals surface area (Å²) in [4.78, 5) is 0. The summed E-state index contributed by atoms with van der Waals surface area (Å²) < 4.78 is 32.8. The molecule has 0 spiro atoms. The third-order valence-electron chi connectivity index (χ3n) is 9.61. The van der Waals surface area contributed by atoms with Crippen LogP contribution in [0.2, 0.25) is 0 Å². The molecule has 0 saturated heterocycles. The fourth-order valence-corrected chi connectivity index (χ4v) is 7.81. The van der Waals surface area contributed by atoms with Crippen molar-refractivity contribution >= 4 is 17.3 Å². The van der Waals surface area contributed by atoms with Gasteiger partial charge in [-0.05, 0) is 91.3 Å². The van der Waals surface area contributed by atoms with Gasteiger partial charge in [-0.1, -0.05) is 25.1 Å². The van der Waals surface area contributed by atoms with Crippen LogP contribution in [0.3, 0.4) is 0 Å². The molecule has 6 N–H and O–H groups in total. The predicted molar refractivity (Wildman–Crippen MR) is 127 cm³/mol. The van der Waals surface area contributed by atoms with Crippen LogP contribution in [0.1, 0.15) is 75.8 Å². The number of benzene rings is 1. The number of alkyl halides is 2. The Morgan fingerprint density at radius 1 is 1.12 bits per heavy atom. The topological polar surface area (TPSA) is 92.5 Å². The fourth-order valence-electron chi connectivity index (χ4n) is 7.81. The second-order valence-electron chi connectivity index (χ2n) is 11.3. The number of rotatable bonds is 2. The summed E-state index contributed by atoms with van der Waals surface area (Å²) >= 11 is 0. The summed E-state index contributed by atoms with van der Waals surface area (Å²) in [5, 5.41) is 22.2. The Morgan fingerprint density at radius 2 is 1.91 bits per heavy atom. The van der Waals surface area contributed by atoms with Gasteiger partial charge in [-0.3, -0.25) is 0 Å². The molecule has 0 heterocycles. The normalized spacial score (nSPS) is 45.1. The molecule has 33 heavy (non-hydrogen) atoms. The molecular weight excluding hydrogens is 422 g/mol. The van der Waals surface area contributed by atoms with Gasteiger partial charge in [0.2, 0.25) is 0 Å². The van der Waals surface area contributed by atoms with Crippen molar-refractivity contribution in [2.24, 2.45) is 23.0 Å². The Bertz CT molecular complexity index is 1010. The average Bonchev–Trinajstić information content (AvgIpc) is 3.06. The summed E-state index contributed by atoms with van der Waals surface area (Å²) in [6.07, 6.45) is 7.31. The molecule has 0 bridgehead atoms. The van der Waals surface area contributed by atoms with Gasteiger partial charge >= 0.3 is 0 Å². The van der Waals surface area contributed by atoms with E-state index < -0.39 is 28.5 Å². The lowest BCUT2D eigenvalue weighted by Crippen LogP contribution is -2.63. The fraction of sp³-hybridized carbons (Fsp3) is 0.630. The van der Waals surface area contributed by atoms with Crippen LogP contribution >= 0.6 is 0 Å². The van der Waals surface area contributed by atoms with Gasteiger partial charge in [-0.15, -0.1) is 0 Å². The first-order valence-electron chi connectivity index (χ1n) is 12.3. The average molecular weight is 459 g/mol. The molecule has 3 fully saturated rings. The number of aliphatic hydroxyl groups excluding tert-OH is 1. The number of aliphatic hydroxyl groups is 2. The van der Waals surface area contributed by atoms with Crippen LogP contribution in [-0.4, -0.2) is 33.3 Å². The van der Waals surface area contributed by atoms with Crippen molar-refractivity contribution in [2.45, 2.75) is 87.8 Å². The Labute approximate surface area is 194 Å². The van der Waals surface area contributed by atoms with Gasteiger partial charge in [0.1, 0.15) is 16.9 Å². The minimum Gasteiger partial charge on any atom is -0.405 e. The second-order valence-corrected chi connectivity index (χ2v) is 11.3. The highest BCUT2D eigenvalue weighted by atomic mass is 19.2. The zero-order valence-electron chi connectivity index (χ0n) is 19.4. The Balaban J connectivity index is 1.49. The van der Waals surface area contributed by atoms with Crippen molar-refractivity contribution in [1.29, 1.82) is 0 Å². The largest absolute Gasteiger partial charge is 0.405 e. The summed E-state index contributed by atoms with van der Waals surface area (Å²) in [7, 11) is 0. The van der Waals surface area contributed by atoms with E-state index >= 15 is 8.78 Å². The molecule has 0 amide bonds. The van der Waals surface area contributed by atoms with E-state index in [9.17, 15) is 10.2 Å². The van der Waals surface area contributed by atoms with E-state index in [1.54, 1.807) is 6.08 Å². The number of halogens is 2. The second kappa shape index (κ2) is 7.54. The Morgan fingerprint density at radius 3 is 2.64 bits per heavy atom. The number of nitrogens with two attached hydrogens (primary N) is 2. The molecule has 3 saturated carbocycles. The first kappa shape index (κ1) is 22.9. The number of hydrogen-bond donors (Lipinski definition) is 4. The number of nitrogen functional groups attached to an aromatic ring is 1. The van der Waals surface area contributed by atoms with E-state index in [2.05, 4.69) is 13.0 Å². The van der Waals surface area contributed by atoms with Gasteiger partial charge in [0.05, 0.1) is 6.10 Å². The first-order valence-corrected chi connectivity index (χ1v) is 12.3. The molecule has 6 unspecified atom stereocenters. The van der Waals surface area contributed by atoms with Gasteiger partial charge in [-0.2, -0.15) is 0 Å². The van der Waals surface area contributed by atoms with Crippen LogP contribution in [-0.2, 0) is 0 Å². The van der Waals surface area contributed by atoms with E-state index in [0.717, 1.165) is 16.7 Å². The minimum absolute atomic E-state index is 0.0201. The predicted octanol–water partition coefficient (Wildman–Crippen LogP) is 4.89. The smallest absolute Gasteiger partial charge is 0.142 e. The zero-order chi connectivity index (χ0) is 23.6. The molecule has 0 radical (unpaired) electrons. The summed E-state index contributed by atoms with van der Waals surface area (Å²) in [6.45, 7) is 2.12. The van der Waals surface area contributed by atoms with Crippen LogP contribution in [0.4, 0.5) is 14.5 Å². The van der Waals surface area contributed by atoms with Gasteiger partial charge in [0, 0.05) is 24.4 Å². The van der Waals surface area contributed by atoms with Crippen LogP contribution in [0.5, 0.6) is 0 Å². The van der Waals surface area contributed by atoms with E-state index in [-0.39, 0.29) is 37.5 Å². The maximum atomic E-state index is 16.7. The molecule has 0 aliphatic heterocycles. The van der Waals surface area contributed by atoms with E-state index in [1.165, 1.54) is 6.20 Å². The molecule has 7 atom stereocenters. The van der Waals surface area contributed by atoms with Crippen LogP contribution in [0.25, 0.3) is 11.6 Å². The number of allylic oxidation sites excluding steroid dienone is 2. The van der Waals surface area contributed by atoms with Gasteiger partial charge in [0.15, 0.2) is 0 Å². The first-order chi connectivity index (χ1) is 15.5. The molecule has 5 rings (SSSR count). The highest BCUT2D eigenvalue weighted by molar-refractivity contribution is 5.78. The maximum Gasteiger partial charge on any atom is 0.142 e. The molecule has 1 aromatic rings. The van der Waals surface area contributed by atoms with Crippen molar-refractivity contribution in [3.05, 3.63) is 41.6 Å². The molecule has 1 aromatic carbocycles. The van der Waals surface area contributed by atoms with Crippen molar-refractivity contribution in [3.8, 4) is 0 Å². The van der Waals surface area contributed by atoms with Gasteiger partial charge < -0.3 is 21.7 Å². The quantitative estimate of drug-likeness (QED) is 0.475. The van der Waals surface area contributed by atoms with E-state index in [1.807, 2.05) is 18.2 Å². The van der Waals surface area contributed by atoms with Crippen molar-refractivity contribution in [2.75, 3.05) is 5.73 Å². The molecule has 4 nitrogen and oxygen atoms in total. The lowest BCUT2D eigenvalue weighted by atomic mass is 9.52. The van der Waals surface area contributed by atoms with Crippen LogP contribution < -0.4 is 11.5 Å². The zero-order valence-corrected chi connectivity index (χ0v) is 19.4. The van der Waals surface area contributed by atoms with Gasteiger partial charge in [-0.25, -0.2) is 8.78 Å². The molecule has 180 valence electrons. The lowest BCUT2D eigenvalue weighted by Gasteiger charge is -2.56. The van der Waals surface area contributed by atoms with Crippen LogP contribution in [0, 0.1) is 17.3 Å². The van der Waals surface area contributed by atoms with Gasteiger partial charge in [0.25, 0.3) is 0 Å². The highest BCUT2D eigenvalue weighted by Gasteiger charge is 2.69. The molecule has 4 aliphatic rings. The molecule has 6 heteroatoms. The minimum atomic E-state index is -1.99. The van der Waals surface area contributed by atoms with E-state index in [0.29, 0.717) is 37.8 Å². The summed E-state index contributed by atoms with van der Waals surface area (Å²) in [6, 6.07) is 5.86. The SMILES string of the molecule is CC12CCC3(F)CC4(F)CC(O)CCC4CC[C@]3(O)C1CC=C2c1ccc(/C=C\N)c(N)c1. The number of hydrogen-bond acceptors (Lipinski definition) is 4. The number of fused-ring (bicyclic) bond motifs is 4. The third-order valence-corrected chi connectivity index (χ3v) is 9.61. The Hall–Kier alpha value is -1.92. The number of anilines is 1. The van der Waals surface area contributed by atoms with E-state index in [4.69, 9.17) is 11.5 Å². The van der Waals surface area contributed by atoms with Crippen molar-refractivity contribution in [1.82, 2.24) is 0 Å². The van der Waals surface area contributed by atoms with Crippen molar-refractivity contribution in [3.63, 3.8) is 0 Å². The summed E-state index contributed by atoms with van der Waals surface area (Å²) in [5.41, 5.74) is 9.54. The third kappa shape index (κ3) is 3.28. The lowest BCUT2D eigenvalue weighted by molar-refractivity contribution is -0.201.